The summed E-state index contributed by atoms with van der Waals surface area (Å²) in [5.41, 5.74) is 0.781. The average molecular weight is 467 g/mol. The van der Waals surface area contributed by atoms with Crippen LogP contribution in [0.3, 0.4) is 0 Å². The number of halogens is 6. The third-order valence-corrected chi connectivity index (χ3v) is 4.29. The molecule has 0 radical (unpaired) electrons. The summed E-state index contributed by atoms with van der Waals surface area (Å²) in [6.07, 6.45) is -3.39. The van der Waals surface area contributed by atoms with Gasteiger partial charge in [0.25, 0.3) is 0 Å². The third kappa shape index (κ3) is 4.95. The second-order valence-electron chi connectivity index (χ2n) is 6.39. The molecule has 170 valence electrons. The van der Waals surface area contributed by atoms with Crippen LogP contribution in [-0.2, 0) is 11.0 Å². The number of nitrogens with zero attached hydrogens (tertiary/aromatic N) is 4. The van der Waals surface area contributed by atoms with Crippen LogP contribution in [0, 0.1) is 11.3 Å². The Morgan fingerprint density at radius 3 is 2.42 bits per heavy atom. The Morgan fingerprint density at radius 1 is 1.12 bits per heavy atom. The largest absolute Gasteiger partial charge is 0.490 e. The number of rotatable bonds is 2. The molecule has 0 saturated carbocycles. The SMILES string of the molecule is N#Cc1cccc(C(F)(F)F)c1-n1cc(-c2ccnc3[nH]ccc23)cn1.O=C(O)C(F)(F)F. The standard InChI is InChI=1S/C18H10F3N5.C2HF3O2/c19-18(20,21)15-3-1-2-11(8-22)16(15)26-10-12(9-25-26)13-4-6-23-17-14(13)5-7-24-17;3-2(4,5)1(6)7/h1-7,9-10H,(H,23,24);(H,6,7). The Kier molecular flexibility index (Phi) is 6.12. The van der Waals surface area contributed by atoms with E-state index in [1.165, 1.54) is 24.5 Å². The number of hydrogen-bond acceptors (Lipinski definition) is 4. The van der Waals surface area contributed by atoms with Crippen molar-refractivity contribution in [3.63, 3.8) is 0 Å². The minimum absolute atomic E-state index is 0.101. The Labute approximate surface area is 180 Å². The second-order valence-corrected chi connectivity index (χ2v) is 6.39. The molecule has 33 heavy (non-hydrogen) atoms. The molecule has 0 aliphatic heterocycles. The molecule has 0 amide bonds. The molecule has 0 fully saturated rings. The molecule has 2 N–H and O–H groups in total. The van der Waals surface area contributed by atoms with E-state index in [1.54, 1.807) is 24.5 Å². The molecular weight excluding hydrogens is 456 g/mol. The van der Waals surface area contributed by atoms with Gasteiger partial charge < -0.3 is 10.1 Å². The maximum atomic E-state index is 13.4. The van der Waals surface area contributed by atoms with E-state index in [0.717, 1.165) is 21.7 Å². The van der Waals surface area contributed by atoms with Crippen molar-refractivity contribution in [1.29, 1.82) is 5.26 Å². The van der Waals surface area contributed by atoms with Crippen molar-refractivity contribution in [3.05, 3.63) is 66.2 Å². The van der Waals surface area contributed by atoms with Crippen LogP contribution in [0.15, 0.2) is 55.1 Å². The van der Waals surface area contributed by atoms with Crippen LogP contribution in [0.25, 0.3) is 27.8 Å². The zero-order chi connectivity index (χ0) is 24.4. The molecule has 1 aromatic carbocycles. The minimum Gasteiger partial charge on any atom is -0.475 e. The number of nitriles is 1. The first-order valence-electron chi connectivity index (χ1n) is 8.81. The maximum absolute atomic E-state index is 13.4. The maximum Gasteiger partial charge on any atom is 0.490 e. The normalized spacial score (nSPS) is 11.5. The van der Waals surface area contributed by atoms with Crippen molar-refractivity contribution in [3.8, 4) is 22.9 Å². The van der Waals surface area contributed by atoms with Crippen molar-refractivity contribution in [2.24, 2.45) is 0 Å². The number of alkyl halides is 6. The minimum atomic E-state index is -5.08. The third-order valence-electron chi connectivity index (χ3n) is 4.29. The van der Waals surface area contributed by atoms with E-state index in [1.807, 2.05) is 6.07 Å². The monoisotopic (exact) mass is 467 g/mol. The summed E-state index contributed by atoms with van der Waals surface area (Å²) >= 11 is 0. The van der Waals surface area contributed by atoms with Gasteiger partial charge in [-0.1, -0.05) is 6.07 Å². The van der Waals surface area contributed by atoms with Crippen molar-refractivity contribution in [2.45, 2.75) is 12.4 Å². The van der Waals surface area contributed by atoms with E-state index in [0.29, 0.717) is 11.2 Å². The summed E-state index contributed by atoms with van der Waals surface area (Å²) in [7, 11) is 0. The molecule has 13 heteroatoms. The van der Waals surface area contributed by atoms with Crippen molar-refractivity contribution >= 4 is 17.0 Å². The van der Waals surface area contributed by atoms with Gasteiger partial charge in [0.05, 0.1) is 23.0 Å². The first-order valence-corrected chi connectivity index (χ1v) is 8.81. The van der Waals surface area contributed by atoms with Gasteiger partial charge in [-0.25, -0.2) is 14.5 Å². The smallest absolute Gasteiger partial charge is 0.475 e. The molecule has 4 rings (SSSR count). The average Bonchev–Trinajstić information content (AvgIpc) is 3.41. The lowest BCUT2D eigenvalue weighted by atomic mass is 10.1. The van der Waals surface area contributed by atoms with Gasteiger partial charge in [-0.2, -0.15) is 36.7 Å². The van der Waals surface area contributed by atoms with Crippen LogP contribution < -0.4 is 0 Å². The number of aliphatic carboxylic acids is 1. The molecule has 0 aliphatic rings. The van der Waals surface area contributed by atoms with Crippen LogP contribution in [0.5, 0.6) is 0 Å². The number of aromatic amines is 1. The summed E-state index contributed by atoms with van der Waals surface area (Å²) < 4.78 is 73.0. The fourth-order valence-electron chi connectivity index (χ4n) is 2.91. The highest BCUT2D eigenvalue weighted by atomic mass is 19.4. The van der Waals surface area contributed by atoms with Crippen molar-refractivity contribution < 1.29 is 36.2 Å². The Bertz CT molecular complexity index is 1350. The van der Waals surface area contributed by atoms with Gasteiger partial charge in [0.2, 0.25) is 0 Å². The van der Waals surface area contributed by atoms with Gasteiger partial charge in [-0.3, -0.25) is 0 Å². The second kappa shape index (κ2) is 8.65. The van der Waals surface area contributed by atoms with E-state index >= 15 is 0 Å². The zero-order valence-corrected chi connectivity index (χ0v) is 16.1. The molecule has 7 nitrogen and oxygen atoms in total. The van der Waals surface area contributed by atoms with Gasteiger partial charge in [0.15, 0.2) is 0 Å². The molecule has 0 bridgehead atoms. The first-order chi connectivity index (χ1) is 15.4. The number of H-pyrrole nitrogens is 1. The first kappa shape index (κ1) is 23.3. The van der Waals surface area contributed by atoms with Gasteiger partial charge in [0.1, 0.15) is 11.7 Å². The van der Waals surface area contributed by atoms with Crippen LogP contribution >= 0.6 is 0 Å². The number of nitrogens with one attached hydrogen (secondary N) is 1. The van der Waals surface area contributed by atoms with E-state index < -0.39 is 23.9 Å². The molecule has 3 heterocycles. The van der Waals surface area contributed by atoms with Crippen molar-refractivity contribution in [1.82, 2.24) is 19.7 Å². The molecule has 0 unspecified atom stereocenters. The number of carbonyl (C=O) groups is 1. The zero-order valence-electron chi connectivity index (χ0n) is 16.1. The number of aromatic nitrogens is 4. The molecule has 0 spiro atoms. The Hall–Kier alpha value is -4.34. The van der Waals surface area contributed by atoms with Crippen LogP contribution in [0.2, 0.25) is 0 Å². The van der Waals surface area contributed by atoms with Crippen LogP contribution in [0.4, 0.5) is 26.3 Å². The highest BCUT2D eigenvalue weighted by molar-refractivity contribution is 5.92. The quantitative estimate of drug-likeness (QED) is 0.406. The lowest BCUT2D eigenvalue weighted by Gasteiger charge is -2.13. The van der Waals surface area contributed by atoms with Crippen LogP contribution in [0.1, 0.15) is 11.1 Å². The number of fused-ring (bicyclic) bond motifs is 1. The lowest BCUT2D eigenvalue weighted by molar-refractivity contribution is -0.192. The summed E-state index contributed by atoms with van der Waals surface area (Å²) in [6, 6.07) is 8.88. The van der Waals surface area contributed by atoms with Crippen LogP contribution in [-0.4, -0.2) is 37.0 Å². The highest BCUT2D eigenvalue weighted by Gasteiger charge is 2.38. The van der Waals surface area contributed by atoms with E-state index in [-0.39, 0.29) is 11.3 Å². The topological polar surface area (TPSA) is 108 Å². The molecule has 3 aromatic heterocycles. The molecular formula is C20H11F6N5O2. The summed E-state index contributed by atoms with van der Waals surface area (Å²) in [4.78, 5) is 16.1. The van der Waals surface area contributed by atoms with E-state index in [2.05, 4.69) is 15.1 Å². The summed E-state index contributed by atoms with van der Waals surface area (Å²) in [5, 5.41) is 21.3. The molecule has 0 aliphatic carbocycles. The van der Waals surface area contributed by atoms with E-state index in [4.69, 9.17) is 9.90 Å². The van der Waals surface area contributed by atoms with E-state index in [9.17, 15) is 31.6 Å². The number of hydrogen-bond donors (Lipinski definition) is 2. The van der Waals surface area contributed by atoms with Gasteiger partial charge >= 0.3 is 18.3 Å². The number of para-hydroxylation sites is 1. The fourth-order valence-corrected chi connectivity index (χ4v) is 2.91. The highest BCUT2D eigenvalue weighted by Crippen LogP contribution is 2.36. The summed E-state index contributed by atoms with van der Waals surface area (Å²) in [5.74, 6) is -2.76. The predicted octanol–water partition coefficient (Wildman–Crippen LogP) is 4.94. The van der Waals surface area contributed by atoms with Crippen molar-refractivity contribution in [2.75, 3.05) is 0 Å². The molecule has 0 saturated heterocycles. The van der Waals surface area contributed by atoms with Gasteiger partial charge in [-0.15, -0.1) is 0 Å². The predicted molar refractivity (Wildman–Crippen MR) is 102 cm³/mol. The number of benzene rings is 1. The number of carboxylic acids is 1. The Morgan fingerprint density at radius 2 is 1.82 bits per heavy atom. The van der Waals surface area contributed by atoms with Gasteiger partial charge in [-0.05, 0) is 29.8 Å². The lowest BCUT2D eigenvalue weighted by Crippen LogP contribution is -2.21. The molecule has 0 atom stereocenters. The number of pyridine rings is 1. The number of carboxylic acid groups (broad SMARTS) is 1. The Balaban J connectivity index is 0.000000383. The van der Waals surface area contributed by atoms with Gasteiger partial charge in [0, 0.05) is 29.5 Å². The summed E-state index contributed by atoms with van der Waals surface area (Å²) in [6.45, 7) is 0. The fraction of sp³-hybridized carbons (Fsp3) is 0.100. The molecule has 4 aromatic rings.